The quantitative estimate of drug-likeness (QED) is 0.854. The molecule has 2 aliphatic rings. The summed E-state index contributed by atoms with van der Waals surface area (Å²) in [4.78, 5) is 13.9. The second-order valence-electron chi connectivity index (χ2n) is 7.14. The first-order chi connectivity index (χ1) is 12.1. The van der Waals surface area contributed by atoms with Gasteiger partial charge in [-0.3, -0.25) is 9.69 Å². The Hall–Kier alpha value is -1.50. The second kappa shape index (κ2) is 8.25. The van der Waals surface area contributed by atoms with E-state index in [9.17, 15) is 9.18 Å². The molecule has 2 saturated heterocycles. The number of amides is 1. The Morgan fingerprint density at radius 3 is 2.96 bits per heavy atom. The van der Waals surface area contributed by atoms with Gasteiger partial charge in [-0.25, -0.2) is 4.39 Å². The summed E-state index contributed by atoms with van der Waals surface area (Å²) in [6, 6.07) is 6.71. The fraction of sp³-hybridized carbons (Fsp3) is 0.632. The highest BCUT2D eigenvalue weighted by molar-refractivity contribution is 5.77. The number of nitrogens with zero attached hydrogens (tertiary/aromatic N) is 1. The normalized spacial score (nSPS) is 26.9. The second-order valence-corrected chi connectivity index (χ2v) is 7.14. The molecule has 1 aromatic carbocycles. The summed E-state index contributed by atoms with van der Waals surface area (Å²) in [5.74, 6) is -0.300. The number of carbonyl (C=O) groups excluding carboxylic acids is 1. The Bertz CT molecular complexity index is 581. The fourth-order valence-electron chi connectivity index (χ4n) is 3.89. The molecule has 0 bridgehead atoms. The maximum atomic E-state index is 13.0. The van der Waals surface area contributed by atoms with E-state index in [1.165, 1.54) is 19.2 Å². The van der Waals surface area contributed by atoms with Crippen LogP contribution < -0.4 is 5.32 Å². The van der Waals surface area contributed by atoms with E-state index in [2.05, 4.69) is 10.2 Å². The van der Waals surface area contributed by atoms with E-state index in [4.69, 9.17) is 9.47 Å². The Balaban J connectivity index is 1.50. The molecule has 0 aliphatic carbocycles. The monoisotopic (exact) mass is 350 g/mol. The molecule has 2 fully saturated rings. The molecule has 1 aromatic rings. The van der Waals surface area contributed by atoms with E-state index in [0.29, 0.717) is 6.54 Å². The van der Waals surface area contributed by atoms with Crippen LogP contribution in [0.15, 0.2) is 24.3 Å². The molecular weight excluding hydrogens is 323 g/mol. The maximum Gasteiger partial charge on any atom is 0.246 e. The molecule has 0 unspecified atom stereocenters. The summed E-state index contributed by atoms with van der Waals surface area (Å²) < 4.78 is 24.3. The highest BCUT2D eigenvalue weighted by Crippen LogP contribution is 2.37. The molecule has 3 rings (SSSR count). The Morgan fingerprint density at radius 1 is 1.40 bits per heavy atom. The van der Waals surface area contributed by atoms with Gasteiger partial charge in [0.15, 0.2) is 0 Å². The number of ether oxygens (including phenoxy) is 2. The summed E-state index contributed by atoms with van der Waals surface area (Å²) in [6.07, 6.45) is 4.24. The predicted octanol–water partition coefficient (Wildman–Crippen LogP) is 2.10. The number of carbonyl (C=O) groups is 1. The van der Waals surface area contributed by atoms with Crippen molar-refractivity contribution >= 4 is 5.91 Å². The average Bonchev–Trinajstić information content (AvgIpc) is 2.97. The smallest absolute Gasteiger partial charge is 0.246 e. The van der Waals surface area contributed by atoms with Gasteiger partial charge in [0.05, 0.1) is 11.7 Å². The number of halogens is 1. The van der Waals surface area contributed by atoms with Crippen molar-refractivity contribution in [3.8, 4) is 0 Å². The summed E-state index contributed by atoms with van der Waals surface area (Å²) in [5, 5.41) is 2.88. The summed E-state index contributed by atoms with van der Waals surface area (Å²) in [7, 11) is 1.51. The molecule has 2 atom stereocenters. The first kappa shape index (κ1) is 18.3. The SMILES string of the molecule is COCC(=O)NC[C@@H]1CCC[C@]2(CCN(Cc3ccc(F)cc3)C2)O1. The third-order valence-electron chi connectivity index (χ3n) is 5.09. The van der Waals surface area contributed by atoms with Gasteiger partial charge < -0.3 is 14.8 Å². The standard InChI is InChI=1S/C19H27FN2O3/c1-24-13-18(23)21-11-17-3-2-8-19(25-17)9-10-22(14-19)12-15-4-6-16(20)7-5-15/h4-7,17H,2-3,8-14H2,1H3,(H,21,23)/t17-,19+/m0/s1. The van der Waals surface area contributed by atoms with Crippen LogP contribution in [0.1, 0.15) is 31.2 Å². The van der Waals surface area contributed by atoms with Crippen LogP contribution in [-0.4, -0.2) is 55.9 Å². The molecule has 138 valence electrons. The van der Waals surface area contributed by atoms with Crippen molar-refractivity contribution in [2.24, 2.45) is 0 Å². The highest BCUT2D eigenvalue weighted by atomic mass is 19.1. The van der Waals surface area contributed by atoms with Crippen LogP contribution in [0.4, 0.5) is 4.39 Å². The van der Waals surface area contributed by atoms with E-state index >= 15 is 0 Å². The minimum atomic E-state index is -0.199. The van der Waals surface area contributed by atoms with Crippen molar-refractivity contribution in [2.45, 2.75) is 43.9 Å². The predicted molar refractivity (Wildman–Crippen MR) is 92.6 cm³/mol. The summed E-state index contributed by atoms with van der Waals surface area (Å²) in [6.45, 7) is 3.33. The summed E-state index contributed by atoms with van der Waals surface area (Å²) in [5.41, 5.74) is 1.02. The van der Waals surface area contributed by atoms with E-state index < -0.39 is 0 Å². The molecule has 1 spiro atoms. The van der Waals surface area contributed by atoms with E-state index in [1.807, 2.05) is 12.1 Å². The Morgan fingerprint density at radius 2 is 2.20 bits per heavy atom. The van der Waals surface area contributed by atoms with Crippen LogP contribution in [0.2, 0.25) is 0 Å². The van der Waals surface area contributed by atoms with Crippen LogP contribution >= 0.6 is 0 Å². The van der Waals surface area contributed by atoms with Crippen molar-refractivity contribution in [1.82, 2.24) is 10.2 Å². The molecule has 0 saturated carbocycles. The lowest BCUT2D eigenvalue weighted by Crippen LogP contribution is -2.47. The van der Waals surface area contributed by atoms with Crippen LogP contribution in [0.5, 0.6) is 0 Å². The largest absolute Gasteiger partial charge is 0.375 e. The van der Waals surface area contributed by atoms with Crippen molar-refractivity contribution < 1.29 is 18.7 Å². The third kappa shape index (κ3) is 5.00. The Labute approximate surface area is 148 Å². The minimum absolute atomic E-state index is 0.0697. The number of likely N-dealkylation sites (tertiary alicyclic amines) is 1. The molecule has 2 heterocycles. The van der Waals surface area contributed by atoms with Gasteiger partial charge >= 0.3 is 0 Å². The molecule has 25 heavy (non-hydrogen) atoms. The third-order valence-corrected chi connectivity index (χ3v) is 5.09. The van der Waals surface area contributed by atoms with Gasteiger partial charge in [0.1, 0.15) is 12.4 Å². The van der Waals surface area contributed by atoms with Gasteiger partial charge in [-0.05, 0) is 43.4 Å². The van der Waals surface area contributed by atoms with Crippen molar-refractivity contribution in [3.63, 3.8) is 0 Å². The van der Waals surface area contributed by atoms with Crippen molar-refractivity contribution in [2.75, 3.05) is 33.4 Å². The minimum Gasteiger partial charge on any atom is -0.375 e. The maximum absolute atomic E-state index is 13.0. The molecule has 0 radical (unpaired) electrons. The first-order valence-corrected chi connectivity index (χ1v) is 8.99. The molecular formula is C19H27FN2O3. The Kier molecular flexibility index (Phi) is 6.04. The molecule has 1 amide bonds. The lowest BCUT2D eigenvalue weighted by molar-refractivity contribution is -0.132. The zero-order valence-corrected chi connectivity index (χ0v) is 14.8. The van der Waals surface area contributed by atoms with Crippen LogP contribution in [-0.2, 0) is 20.8 Å². The van der Waals surface area contributed by atoms with Crippen molar-refractivity contribution in [3.05, 3.63) is 35.6 Å². The lowest BCUT2D eigenvalue weighted by Gasteiger charge is -2.39. The van der Waals surface area contributed by atoms with E-state index in [-0.39, 0.29) is 30.0 Å². The van der Waals surface area contributed by atoms with Crippen molar-refractivity contribution in [1.29, 1.82) is 0 Å². The van der Waals surface area contributed by atoms with Crippen LogP contribution in [0.3, 0.4) is 0 Å². The molecule has 2 aliphatic heterocycles. The molecule has 0 aromatic heterocycles. The number of hydrogen-bond donors (Lipinski definition) is 1. The van der Waals surface area contributed by atoms with Gasteiger partial charge in [0.2, 0.25) is 5.91 Å². The van der Waals surface area contributed by atoms with Gasteiger partial charge in [-0.1, -0.05) is 12.1 Å². The number of nitrogens with one attached hydrogen (secondary N) is 1. The summed E-state index contributed by atoms with van der Waals surface area (Å²) >= 11 is 0. The zero-order valence-electron chi connectivity index (χ0n) is 14.8. The highest BCUT2D eigenvalue weighted by Gasteiger charge is 2.42. The van der Waals surface area contributed by atoms with Crippen LogP contribution in [0, 0.1) is 5.82 Å². The molecule has 5 nitrogen and oxygen atoms in total. The number of rotatable bonds is 6. The van der Waals surface area contributed by atoms with Gasteiger partial charge in [-0.2, -0.15) is 0 Å². The van der Waals surface area contributed by atoms with Crippen LogP contribution in [0.25, 0.3) is 0 Å². The fourth-order valence-corrected chi connectivity index (χ4v) is 3.89. The lowest BCUT2D eigenvalue weighted by atomic mass is 9.90. The number of benzene rings is 1. The number of methoxy groups -OCH3 is 1. The first-order valence-electron chi connectivity index (χ1n) is 8.99. The van der Waals surface area contributed by atoms with Gasteiger partial charge in [0, 0.05) is 33.3 Å². The number of hydrogen-bond acceptors (Lipinski definition) is 4. The van der Waals surface area contributed by atoms with E-state index in [0.717, 1.165) is 50.9 Å². The molecule has 6 heteroatoms. The van der Waals surface area contributed by atoms with Gasteiger partial charge in [-0.15, -0.1) is 0 Å². The average molecular weight is 350 g/mol. The zero-order chi connectivity index (χ0) is 17.7. The molecule has 1 N–H and O–H groups in total. The van der Waals surface area contributed by atoms with E-state index in [1.54, 1.807) is 0 Å². The van der Waals surface area contributed by atoms with Gasteiger partial charge in [0.25, 0.3) is 0 Å². The topological polar surface area (TPSA) is 50.8 Å².